The monoisotopic (exact) mass is 315 g/mol. The van der Waals surface area contributed by atoms with Crippen molar-refractivity contribution in [2.75, 3.05) is 0 Å². The molecule has 21 heavy (non-hydrogen) atoms. The molecule has 1 aliphatic carbocycles. The van der Waals surface area contributed by atoms with Crippen LogP contribution in [0.3, 0.4) is 0 Å². The van der Waals surface area contributed by atoms with Crippen LogP contribution in [0.2, 0.25) is 5.02 Å². The highest BCUT2D eigenvalue weighted by atomic mass is 35.5. The topological polar surface area (TPSA) is 87.5 Å². The van der Waals surface area contributed by atoms with E-state index in [1.807, 2.05) is 6.92 Å². The maximum absolute atomic E-state index is 12.8. The van der Waals surface area contributed by atoms with Crippen LogP contribution in [0.15, 0.2) is 17.8 Å². The fourth-order valence-electron chi connectivity index (χ4n) is 1.68. The molecule has 7 heteroatoms. The van der Waals surface area contributed by atoms with Gasteiger partial charge in [0.05, 0.1) is 11.2 Å². The molecule has 1 aromatic heterocycles. The van der Waals surface area contributed by atoms with Crippen LogP contribution in [0, 0.1) is 12.7 Å². The zero-order valence-corrected chi connectivity index (χ0v) is 12.3. The third-order valence-corrected chi connectivity index (χ3v) is 3.42. The van der Waals surface area contributed by atoms with Crippen molar-refractivity contribution in [1.82, 2.24) is 4.98 Å². The van der Waals surface area contributed by atoms with Crippen molar-refractivity contribution in [1.29, 1.82) is 0 Å². The van der Waals surface area contributed by atoms with Crippen molar-refractivity contribution < 1.29 is 24.2 Å². The molecule has 2 N–H and O–H groups in total. The van der Waals surface area contributed by atoms with Gasteiger partial charge in [-0.1, -0.05) is 17.7 Å². The molecule has 0 aromatic carbocycles. The first-order valence-corrected chi connectivity index (χ1v) is 6.60. The van der Waals surface area contributed by atoms with Gasteiger partial charge in [-0.3, -0.25) is 4.98 Å². The summed E-state index contributed by atoms with van der Waals surface area (Å²) >= 11 is 5.74. The standard InChI is InChI=1S/C9H9ClFN.C5H6O4/c1-5-8(10)7(11)4-12-9(5)6-2-3-6;1-2-3(4(6)7)5(8)9/h4,6H,2-3H2,1H3;2H,1H3,(H,6,7)(H,8,9). The number of halogens is 2. The summed E-state index contributed by atoms with van der Waals surface area (Å²) in [5, 5.41) is 16.4. The van der Waals surface area contributed by atoms with E-state index in [-0.39, 0.29) is 5.02 Å². The minimum absolute atomic E-state index is 0.229. The average molecular weight is 316 g/mol. The van der Waals surface area contributed by atoms with Gasteiger partial charge in [-0.15, -0.1) is 0 Å². The first-order valence-electron chi connectivity index (χ1n) is 6.23. The molecule has 1 saturated carbocycles. The van der Waals surface area contributed by atoms with E-state index < -0.39 is 23.3 Å². The van der Waals surface area contributed by atoms with Crippen molar-refractivity contribution in [2.24, 2.45) is 0 Å². The Balaban J connectivity index is 0.000000222. The van der Waals surface area contributed by atoms with Crippen molar-refractivity contribution in [3.63, 3.8) is 0 Å². The van der Waals surface area contributed by atoms with Crippen LogP contribution in [-0.4, -0.2) is 27.1 Å². The molecule has 114 valence electrons. The second-order valence-corrected chi connectivity index (χ2v) is 4.90. The first-order chi connectivity index (χ1) is 9.79. The Kier molecular flexibility index (Phi) is 5.84. The molecule has 1 aromatic rings. The molecule has 1 aliphatic rings. The number of pyridine rings is 1. The summed E-state index contributed by atoms with van der Waals surface area (Å²) in [6.07, 6.45) is 4.57. The average Bonchev–Trinajstić information content (AvgIpc) is 3.21. The fraction of sp³-hybridized carbons (Fsp3) is 0.357. The number of nitrogens with zero attached hydrogens (tertiary/aromatic N) is 1. The molecule has 0 radical (unpaired) electrons. The summed E-state index contributed by atoms with van der Waals surface area (Å²) in [7, 11) is 0. The van der Waals surface area contributed by atoms with E-state index in [2.05, 4.69) is 4.98 Å². The van der Waals surface area contributed by atoms with E-state index in [0.29, 0.717) is 5.92 Å². The molecule has 0 atom stereocenters. The van der Waals surface area contributed by atoms with Crippen LogP contribution >= 0.6 is 11.6 Å². The number of carboxylic acid groups (broad SMARTS) is 2. The SMILES string of the molecule is CC=C(C(=O)O)C(=O)O.Cc1c(C2CC2)ncc(F)c1Cl. The largest absolute Gasteiger partial charge is 0.477 e. The summed E-state index contributed by atoms with van der Waals surface area (Å²) in [5.41, 5.74) is 1.18. The van der Waals surface area contributed by atoms with Gasteiger partial charge >= 0.3 is 11.9 Å². The van der Waals surface area contributed by atoms with Gasteiger partial charge in [0.15, 0.2) is 5.82 Å². The predicted octanol–water partition coefficient (Wildman–Crippen LogP) is 3.16. The highest BCUT2D eigenvalue weighted by Gasteiger charge is 2.27. The van der Waals surface area contributed by atoms with E-state index >= 15 is 0 Å². The third kappa shape index (κ3) is 4.53. The zero-order valence-electron chi connectivity index (χ0n) is 11.6. The lowest BCUT2D eigenvalue weighted by Gasteiger charge is -2.04. The molecule has 0 aliphatic heterocycles. The van der Waals surface area contributed by atoms with E-state index in [0.717, 1.165) is 30.2 Å². The maximum Gasteiger partial charge on any atom is 0.342 e. The summed E-state index contributed by atoms with van der Waals surface area (Å²) in [4.78, 5) is 23.9. The van der Waals surface area contributed by atoms with Gasteiger partial charge in [-0.05, 0) is 32.3 Å². The van der Waals surface area contributed by atoms with Crippen molar-refractivity contribution in [3.05, 3.63) is 39.9 Å². The molecule has 1 fully saturated rings. The fourth-order valence-corrected chi connectivity index (χ4v) is 1.82. The molecule has 0 unspecified atom stereocenters. The highest BCUT2D eigenvalue weighted by Crippen LogP contribution is 2.41. The van der Waals surface area contributed by atoms with Crippen molar-refractivity contribution in [2.45, 2.75) is 32.6 Å². The van der Waals surface area contributed by atoms with Crippen LogP contribution in [-0.2, 0) is 9.59 Å². The Morgan fingerprint density at radius 2 is 1.90 bits per heavy atom. The number of rotatable bonds is 3. The number of carbonyl (C=O) groups is 2. The van der Waals surface area contributed by atoms with E-state index in [9.17, 15) is 14.0 Å². The normalized spacial score (nSPS) is 13.0. The van der Waals surface area contributed by atoms with Crippen LogP contribution in [0.5, 0.6) is 0 Å². The number of aliphatic carboxylic acids is 2. The van der Waals surface area contributed by atoms with E-state index in [1.54, 1.807) is 0 Å². The molecule has 5 nitrogen and oxygen atoms in total. The van der Waals surface area contributed by atoms with E-state index in [1.165, 1.54) is 13.1 Å². The smallest absolute Gasteiger partial charge is 0.342 e. The molecule has 2 rings (SSSR count). The number of aromatic nitrogens is 1. The Morgan fingerprint density at radius 3 is 2.24 bits per heavy atom. The molecular weight excluding hydrogens is 301 g/mol. The van der Waals surface area contributed by atoms with Crippen LogP contribution in [0.25, 0.3) is 0 Å². The maximum atomic E-state index is 12.8. The van der Waals surface area contributed by atoms with Gasteiger partial charge in [0.25, 0.3) is 0 Å². The van der Waals surface area contributed by atoms with E-state index in [4.69, 9.17) is 21.8 Å². The third-order valence-electron chi connectivity index (χ3n) is 2.95. The molecule has 0 spiro atoms. The molecule has 1 heterocycles. The summed E-state index contributed by atoms with van der Waals surface area (Å²) in [5.74, 6) is -2.71. The summed E-state index contributed by atoms with van der Waals surface area (Å²) in [6.45, 7) is 3.18. The first kappa shape index (κ1) is 17.1. The van der Waals surface area contributed by atoms with Crippen molar-refractivity contribution >= 4 is 23.5 Å². The quantitative estimate of drug-likeness (QED) is 0.508. The van der Waals surface area contributed by atoms with Gasteiger partial charge in [0, 0.05) is 11.6 Å². The molecule has 0 amide bonds. The van der Waals surface area contributed by atoms with Crippen LogP contribution in [0.1, 0.15) is 36.9 Å². The Bertz CT molecular complexity index is 581. The van der Waals surface area contributed by atoms with Gasteiger partial charge in [-0.25, -0.2) is 14.0 Å². The van der Waals surface area contributed by atoms with Gasteiger partial charge in [0.1, 0.15) is 5.57 Å². The number of hydrogen-bond donors (Lipinski definition) is 2. The van der Waals surface area contributed by atoms with Gasteiger partial charge < -0.3 is 10.2 Å². The number of allylic oxidation sites excluding steroid dienone is 1. The molecular formula is C14H15ClFNO4. The van der Waals surface area contributed by atoms with Gasteiger partial charge in [-0.2, -0.15) is 0 Å². The number of carboxylic acids is 2. The second-order valence-electron chi connectivity index (χ2n) is 4.52. The number of hydrogen-bond acceptors (Lipinski definition) is 3. The van der Waals surface area contributed by atoms with Gasteiger partial charge in [0.2, 0.25) is 0 Å². The van der Waals surface area contributed by atoms with Crippen molar-refractivity contribution in [3.8, 4) is 0 Å². The molecule has 0 saturated heterocycles. The minimum atomic E-state index is -1.41. The lowest BCUT2D eigenvalue weighted by Crippen LogP contribution is -2.10. The summed E-state index contributed by atoms with van der Waals surface area (Å²) < 4.78 is 12.8. The highest BCUT2D eigenvalue weighted by molar-refractivity contribution is 6.31. The van der Waals surface area contributed by atoms with Crippen LogP contribution in [0.4, 0.5) is 4.39 Å². The lowest BCUT2D eigenvalue weighted by molar-refractivity contribution is -0.140. The Hall–Kier alpha value is -1.95. The second kappa shape index (κ2) is 7.17. The molecule has 0 bridgehead atoms. The summed E-state index contributed by atoms with van der Waals surface area (Å²) in [6, 6.07) is 0. The Labute approximate surface area is 126 Å². The lowest BCUT2D eigenvalue weighted by atomic mass is 10.1. The minimum Gasteiger partial charge on any atom is -0.477 e. The Morgan fingerprint density at radius 1 is 1.38 bits per heavy atom. The zero-order chi connectivity index (χ0) is 16.2. The predicted molar refractivity (Wildman–Crippen MR) is 74.9 cm³/mol. The van der Waals surface area contributed by atoms with Crippen LogP contribution < -0.4 is 0 Å².